The van der Waals surface area contributed by atoms with Crippen molar-refractivity contribution < 1.29 is 0 Å². The first-order valence-corrected chi connectivity index (χ1v) is 3.72. The van der Waals surface area contributed by atoms with Gasteiger partial charge < -0.3 is 4.57 Å². The average molecular weight is 127 g/mol. The van der Waals surface area contributed by atoms with Crippen LogP contribution in [0.2, 0.25) is 0 Å². The van der Waals surface area contributed by atoms with Gasteiger partial charge in [0.05, 0.1) is 5.03 Å². The molecule has 0 saturated carbocycles. The Kier molecular flexibility index (Phi) is 1.63. The summed E-state index contributed by atoms with van der Waals surface area (Å²) in [4.78, 5) is 0. The Morgan fingerprint density at radius 1 is 1.62 bits per heavy atom. The molecule has 0 aromatic carbocycles. The summed E-state index contributed by atoms with van der Waals surface area (Å²) < 4.78 is 2.10. The molecule has 1 aromatic rings. The van der Waals surface area contributed by atoms with Crippen molar-refractivity contribution in [1.29, 1.82) is 0 Å². The minimum atomic E-state index is 1.31. The Hall–Kier alpha value is -0.370. The molecule has 0 amide bonds. The van der Waals surface area contributed by atoms with E-state index in [4.69, 9.17) is 0 Å². The van der Waals surface area contributed by atoms with Crippen molar-refractivity contribution in [3.8, 4) is 0 Å². The molecular formula is C6H9NS. The summed E-state index contributed by atoms with van der Waals surface area (Å²) in [6, 6.07) is 4.15. The zero-order chi connectivity index (χ0) is 5.98. The SMILES string of the molecule is CSc1cccn1C. The molecule has 0 radical (unpaired) electrons. The van der Waals surface area contributed by atoms with Gasteiger partial charge >= 0.3 is 0 Å². The Balaban J connectivity index is 2.92. The number of hydrogen-bond donors (Lipinski definition) is 0. The maximum Gasteiger partial charge on any atom is 0.0742 e. The van der Waals surface area contributed by atoms with Crippen LogP contribution in [0, 0.1) is 0 Å². The molecule has 0 fully saturated rings. The van der Waals surface area contributed by atoms with Crippen LogP contribution in [0.3, 0.4) is 0 Å². The maximum atomic E-state index is 2.10. The molecule has 1 nitrogen and oxygen atoms in total. The number of aromatic nitrogens is 1. The number of nitrogens with zero attached hydrogens (tertiary/aromatic N) is 1. The van der Waals surface area contributed by atoms with Gasteiger partial charge in [0.25, 0.3) is 0 Å². The van der Waals surface area contributed by atoms with E-state index < -0.39 is 0 Å². The second-order valence-corrected chi connectivity index (χ2v) is 2.49. The summed E-state index contributed by atoms with van der Waals surface area (Å²) in [6.45, 7) is 0. The van der Waals surface area contributed by atoms with Crippen molar-refractivity contribution in [3.05, 3.63) is 18.3 Å². The third kappa shape index (κ3) is 0.892. The topological polar surface area (TPSA) is 4.93 Å². The van der Waals surface area contributed by atoms with Crippen molar-refractivity contribution >= 4 is 11.8 Å². The summed E-state index contributed by atoms with van der Waals surface area (Å²) in [6.07, 6.45) is 4.13. The number of hydrogen-bond acceptors (Lipinski definition) is 1. The van der Waals surface area contributed by atoms with Gasteiger partial charge in [-0.1, -0.05) is 0 Å². The fraction of sp³-hybridized carbons (Fsp3) is 0.333. The predicted octanol–water partition coefficient (Wildman–Crippen LogP) is 1.75. The highest BCUT2D eigenvalue weighted by Crippen LogP contribution is 2.12. The molecule has 0 spiro atoms. The number of aryl methyl sites for hydroxylation is 1. The van der Waals surface area contributed by atoms with Gasteiger partial charge in [0.2, 0.25) is 0 Å². The summed E-state index contributed by atoms with van der Waals surface area (Å²) in [5.41, 5.74) is 0. The van der Waals surface area contributed by atoms with Crippen LogP contribution < -0.4 is 0 Å². The fourth-order valence-electron chi connectivity index (χ4n) is 0.658. The first-order valence-electron chi connectivity index (χ1n) is 2.50. The first kappa shape index (κ1) is 5.76. The third-order valence-electron chi connectivity index (χ3n) is 1.11. The van der Waals surface area contributed by atoms with Gasteiger partial charge in [-0.25, -0.2) is 0 Å². The van der Waals surface area contributed by atoms with Crippen molar-refractivity contribution in [2.75, 3.05) is 6.26 Å². The Labute approximate surface area is 53.7 Å². The molecular weight excluding hydrogens is 118 g/mol. The number of thioether (sulfide) groups is 1. The third-order valence-corrected chi connectivity index (χ3v) is 1.95. The molecule has 44 valence electrons. The lowest BCUT2D eigenvalue weighted by Crippen LogP contribution is -1.83. The molecule has 1 aromatic heterocycles. The lowest BCUT2D eigenvalue weighted by atomic mass is 10.7. The average Bonchev–Trinajstić information content (AvgIpc) is 2.14. The molecule has 2 heteroatoms. The highest BCUT2D eigenvalue weighted by Gasteiger charge is 1.89. The molecule has 8 heavy (non-hydrogen) atoms. The van der Waals surface area contributed by atoms with E-state index in [-0.39, 0.29) is 0 Å². The fourth-order valence-corrected chi connectivity index (χ4v) is 1.22. The van der Waals surface area contributed by atoms with Crippen LogP contribution in [0.25, 0.3) is 0 Å². The van der Waals surface area contributed by atoms with E-state index in [1.165, 1.54) is 5.03 Å². The molecule has 0 aliphatic heterocycles. The van der Waals surface area contributed by atoms with E-state index in [9.17, 15) is 0 Å². The van der Waals surface area contributed by atoms with E-state index in [2.05, 4.69) is 16.9 Å². The summed E-state index contributed by atoms with van der Waals surface area (Å²) in [5.74, 6) is 0. The summed E-state index contributed by atoms with van der Waals surface area (Å²) >= 11 is 1.77. The molecule has 0 N–H and O–H groups in total. The van der Waals surface area contributed by atoms with Crippen molar-refractivity contribution in [2.45, 2.75) is 5.03 Å². The monoisotopic (exact) mass is 127 g/mol. The maximum absolute atomic E-state index is 2.10. The van der Waals surface area contributed by atoms with E-state index in [0.29, 0.717) is 0 Å². The van der Waals surface area contributed by atoms with Gasteiger partial charge in [0.1, 0.15) is 0 Å². The summed E-state index contributed by atoms with van der Waals surface area (Å²) in [5, 5.41) is 1.31. The largest absolute Gasteiger partial charge is 0.346 e. The molecule has 0 bridgehead atoms. The van der Waals surface area contributed by atoms with E-state index >= 15 is 0 Å². The van der Waals surface area contributed by atoms with Crippen LogP contribution in [0.5, 0.6) is 0 Å². The lowest BCUT2D eigenvalue weighted by molar-refractivity contribution is 0.830. The molecule has 0 atom stereocenters. The predicted molar refractivity (Wildman–Crippen MR) is 37.2 cm³/mol. The molecule has 1 rings (SSSR count). The molecule has 0 aliphatic carbocycles. The number of rotatable bonds is 1. The normalized spacial score (nSPS) is 9.75. The van der Waals surface area contributed by atoms with Gasteiger partial charge in [-0.3, -0.25) is 0 Å². The van der Waals surface area contributed by atoms with E-state index in [1.54, 1.807) is 11.8 Å². The highest BCUT2D eigenvalue weighted by atomic mass is 32.2. The standard InChI is InChI=1S/C6H9NS/c1-7-5-3-4-6(7)8-2/h3-5H,1-2H3. The quantitative estimate of drug-likeness (QED) is 0.520. The second kappa shape index (κ2) is 2.27. The van der Waals surface area contributed by atoms with Gasteiger partial charge in [0, 0.05) is 13.2 Å². The van der Waals surface area contributed by atoms with Crippen LogP contribution >= 0.6 is 11.8 Å². The Bertz CT molecular complexity index is 169. The van der Waals surface area contributed by atoms with Crippen molar-refractivity contribution in [3.63, 3.8) is 0 Å². The molecule has 0 aliphatic rings. The Morgan fingerprint density at radius 3 is 2.62 bits per heavy atom. The zero-order valence-corrected chi connectivity index (χ0v) is 5.90. The first-order chi connectivity index (χ1) is 3.84. The smallest absolute Gasteiger partial charge is 0.0742 e. The van der Waals surface area contributed by atoms with Crippen LogP contribution in [0.15, 0.2) is 23.4 Å². The minimum absolute atomic E-state index is 1.31. The van der Waals surface area contributed by atoms with Crippen molar-refractivity contribution in [1.82, 2.24) is 4.57 Å². The van der Waals surface area contributed by atoms with Crippen molar-refractivity contribution in [2.24, 2.45) is 7.05 Å². The zero-order valence-electron chi connectivity index (χ0n) is 5.09. The van der Waals surface area contributed by atoms with Gasteiger partial charge in [-0.05, 0) is 18.4 Å². The van der Waals surface area contributed by atoms with Crippen LogP contribution in [0.1, 0.15) is 0 Å². The van der Waals surface area contributed by atoms with Gasteiger partial charge in [0.15, 0.2) is 0 Å². The van der Waals surface area contributed by atoms with Gasteiger partial charge in [-0.15, -0.1) is 11.8 Å². The molecule has 1 heterocycles. The van der Waals surface area contributed by atoms with E-state index in [1.807, 2.05) is 19.3 Å². The second-order valence-electron chi connectivity index (χ2n) is 1.66. The van der Waals surface area contributed by atoms with E-state index in [0.717, 1.165) is 0 Å². The lowest BCUT2D eigenvalue weighted by Gasteiger charge is -1.94. The van der Waals surface area contributed by atoms with Crippen LogP contribution in [0.4, 0.5) is 0 Å². The molecule has 0 saturated heterocycles. The van der Waals surface area contributed by atoms with Crippen LogP contribution in [-0.2, 0) is 7.05 Å². The van der Waals surface area contributed by atoms with Crippen LogP contribution in [-0.4, -0.2) is 10.8 Å². The Morgan fingerprint density at radius 2 is 2.38 bits per heavy atom. The summed E-state index contributed by atoms with van der Waals surface area (Å²) in [7, 11) is 2.05. The molecule has 0 unspecified atom stereocenters. The minimum Gasteiger partial charge on any atom is -0.346 e. The highest BCUT2D eigenvalue weighted by molar-refractivity contribution is 7.98. The van der Waals surface area contributed by atoms with Gasteiger partial charge in [-0.2, -0.15) is 0 Å².